The Morgan fingerprint density at radius 2 is 2.12 bits per heavy atom. The minimum atomic E-state index is -1.26. The van der Waals surface area contributed by atoms with Gasteiger partial charge in [-0.05, 0) is 0 Å². The summed E-state index contributed by atoms with van der Waals surface area (Å²) in [7, 11) is 0. The topological polar surface area (TPSA) is 61.1 Å². The molecule has 0 aromatic heterocycles. The standard InChI is InChI=1S/C4H3NO2.Pb.2H/c1-3(2-5)4(6)7;;;/h1H2,(H,6,7);;;. The van der Waals surface area contributed by atoms with E-state index < -0.39 is 11.5 Å². The molecule has 1 N–H and O–H groups in total. The molecular weight excluding hydrogens is 301 g/mol. The van der Waals surface area contributed by atoms with Gasteiger partial charge in [0.05, 0.1) is 0 Å². The van der Waals surface area contributed by atoms with Crippen molar-refractivity contribution in [1.82, 2.24) is 0 Å². The van der Waals surface area contributed by atoms with Gasteiger partial charge in [-0.1, -0.05) is 6.58 Å². The van der Waals surface area contributed by atoms with Crippen LogP contribution in [0.2, 0.25) is 0 Å². The van der Waals surface area contributed by atoms with Gasteiger partial charge in [-0.3, -0.25) is 0 Å². The number of nitrogens with zero attached hydrogens (tertiary/aromatic N) is 1. The molecule has 0 spiro atoms. The van der Waals surface area contributed by atoms with Crippen LogP contribution in [0.5, 0.6) is 0 Å². The van der Waals surface area contributed by atoms with Crippen LogP contribution in [0.3, 0.4) is 0 Å². The maximum absolute atomic E-state index is 9.61. The Bertz CT molecular complexity index is 147. The van der Waals surface area contributed by atoms with Crippen LogP contribution < -0.4 is 0 Å². The van der Waals surface area contributed by atoms with Crippen molar-refractivity contribution in [2.24, 2.45) is 0 Å². The fourth-order valence-corrected chi connectivity index (χ4v) is 0.0478. The molecule has 0 amide bonds. The van der Waals surface area contributed by atoms with Crippen LogP contribution >= 0.6 is 0 Å². The first kappa shape index (κ1) is 10.6. The molecule has 0 saturated carbocycles. The van der Waals surface area contributed by atoms with E-state index in [2.05, 4.69) is 6.58 Å². The Morgan fingerprint density at radius 3 is 2.12 bits per heavy atom. The number of hydrogen-bond donors (Lipinski definition) is 1. The van der Waals surface area contributed by atoms with Crippen molar-refractivity contribution in [3.8, 4) is 6.07 Å². The Labute approximate surface area is 66.8 Å². The van der Waals surface area contributed by atoms with Gasteiger partial charge in [0.1, 0.15) is 11.6 Å². The fourth-order valence-electron chi connectivity index (χ4n) is 0.0478. The van der Waals surface area contributed by atoms with Gasteiger partial charge in [-0.2, -0.15) is 5.26 Å². The van der Waals surface area contributed by atoms with Crippen molar-refractivity contribution in [3.63, 3.8) is 0 Å². The maximum atomic E-state index is 9.61. The number of aliphatic carboxylic acids is 1. The van der Waals surface area contributed by atoms with E-state index in [9.17, 15) is 4.79 Å². The zero-order valence-corrected chi connectivity index (χ0v) is 9.71. The van der Waals surface area contributed by atoms with Crippen molar-refractivity contribution in [3.05, 3.63) is 12.2 Å². The van der Waals surface area contributed by atoms with E-state index in [-0.39, 0.29) is 27.3 Å². The predicted octanol–water partition coefficient (Wildman–Crippen LogP) is -0.765. The first-order valence-electron chi connectivity index (χ1n) is 1.50. The summed E-state index contributed by atoms with van der Waals surface area (Å²) in [5.74, 6) is -1.26. The number of rotatable bonds is 1. The van der Waals surface area contributed by atoms with Gasteiger partial charge in [0.25, 0.3) is 0 Å². The SMILES string of the molecule is C=C(C#N)C(=O)O.[PbH2]. The Kier molecular flexibility index (Phi) is 6.31. The minimum absolute atomic E-state index is 0. The number of carbonyl (C=O) groups is 1. The van der Waals surface area contributed by atoms with E-state index in [4.69, 9.17) is 10.4 Å². The average Bonchev–Trinajstić information content (AvgIpc) is 1.65. The van der Waals surface area contributed by atoms with Gasteiger partial charge < -0.3 is 5.11 Å². The zero-order chi connectivity index (χ0) is 5.86. The monoisotopic (exact) mass is 307 g/mol. The molecule has 3 nitrogen and oxygen atoms in total. The molecule has 0 bridgehead atoms. The molecule has 8 heavy (non-hydrogen) atoms. The third-order valence-electron chi connectivity index (χ3n) is 0.393. The van der Waals surface area contributed by atoms with E-state index in [0.29, 0.717) is 0 Å². The fraction of sp³-hybridized carbons (Fsp3) is 0. The molecule has 0 unspecified atom stereocenters. The predicted molar refractivity (Wildman–Crippen MR) is 30.9 cm³/mol. The van der Waals surface area contributed by atoms with E-state index in [1.807, 2.05) is 0 Å². The van der Waals surface area contributed by atoms with Gasteiger partial charge in [0.15, 0.2) is 0 Å². The summed E-state index contributed by atoms with van der Waals surface area (Å²) in [5.41, 5.74) is -0.431. The van der Waals surface area contributed by atoms with E-state index in [0.717, 1.165) is 0 Å². The second-order valence-electron chi connectivity index (χ2n) is 0.896. The van der Waals surface area contributed by atoms with Gasteiger partial charge >= 0.3 is 33.3 Å². The molecule has 42 valence electrons. The molecule has 0 aliphatic carbocycles. The van der Waals surface area contributed by atoms with Crippen LogP contribution in [0.4, 0.5) is 0 Å². The second-order valence-corrected chi connectivity index (χ2v) is 0.896. The molecule has 0 atom stereocenters. The Morgan fingerprint density at radius 1 is 1.75 bits per heavy atom. The van der Waals surface area contributed by atoms with Crippen LogP contribution in [-0.2, 0) is 4.79 Å². The second kappa shape index (κ2) is 4.77. The van der Waals surface area contributed by atoms with Crippen molar-refractivity contribution in [1.29, 1.82) is 5.26 Å². The quantitative estimate of drug-likeness (QED) is 0.393. The van der Waals surface area contributed by atoms with E-state index in [1.54, 1.807) is 0 Å². The third kappa shape index (κ3) is 3.80. The first-order valence-corrected chi connectivity index (χ1v) is 1.50. The van der Waals surface area contributed by atoms with Gasteiger partial charge in [0.2, 0.25) is 0 Å². The summed E-state index contributed by atoms with van der Waals surface area (Å²) in [4.78, 5) is 9.61. The molecule has 0 aromatic rings. The summed E-state index contributed by atoms with van der Waals surface area (Å²) in [5, 5.41) is 15.6. The summed E-state index contributed by atoms with van der Waals surface area (Å²) in [6.07, 6.45) is 0. The molecule has 0 aliphatic rings. The summed E-state index contributed by atoms with van der Waals surface area (Å²) in [6.45, 7) is 2.91. The first-order chi connectivity index (χ1) is 3.18. The molecule has 0 fully saturated rings. The molecule has 0 saturated heterocycles. The molecule has 0 heterocycles. The van der Waals surface area contributed by atoms with Crippen LogP contribution in [0.15, 0.2) is 12.2 Å². The van der Waals surface area contributed by atoms with Crippen molar-refractivity contribution >= 4 is 33.3 Å². The molecular formula is C4H5NO2Pb. The van der Waals surface area contributed by atoms with E-state index >= 15 is 0 Å². The third-order valence-corrected chi connectivity index (χ3v) is 0.393. The van der Waals surface area contributed by atoms with Crippen LogP contribution in [0.25, 0.3) is 0 Å². The van der Waals surface area contributed by atoms with Crippen LogP contribution in [-0.4, -0.2) is 38.4 Å². The summed E-state index contributed by atoms with van der Waals surface area (Å²) >= 11 is 0. The number of carboxylic acid groups (broad SMARTS) is 1. The number of nitriles is 1. The summed E-state index contributed by atoms with van der Waals surface area (Å²) in [6, 6.07) is 1.37. The van der Waals surface area contributed by atoms with E-state index in [1.165, 1.54) is 6.07 Å². The van der Waals surface area contributed by atoms with Crippen molar-refractivity contribution in [2.75, 3.05) is 0 Å². The number of carboxylic acids is 1. The molecule has 2 radical (unpaired) electrons. The molecule has 0 aliphatic heterocycles. The van der Waals surface area contributed by atoms with Crippen molar-refractivity contribution in [2.45, 2.75) is 0 Å². The van der Waals surface area contributed by atoms with Gasteiger partial charge in [0, 0.05) is 0 Å². The van der Waals surface area contributed by atoms with Gasteiger partial charge in [-0.15, -0.1) is 0 Å². The van der Waals surface area contributed by atoms with Gasteiger partial charge in [-0.25, -0.2) is 4.79 Å². The average molecular weight is 306 g/mol. The normalized spacial score (nSPS) is 5.88. The number of hydrogen-bond acceptors (Lipinski definition) is 2. The zero-order valence-electron chi connectivity index (χ0n) is 4.22. The molecule has 0 aromatic carbocycles. The van der Waals surface area contributed by atoms with Crippen molar-refractivity contribution < 1.29 is 9.90 Å². The van der Waals surface area contributed by atoms with Crippen LogP contribution in [0.1, 0.15) is 0 Å². The molecule has 0 rings (SSSR count). The molecule has 4 heteroatoms. The van der Waals surface area contributed by atoms with Crippen LogP contribution in [0, 0.1) is 11.3 Å². The Balaban J connectivity index is 0. The Hall–Kier alpha value is -0.378. The summed E-state index contributed by atoms with van der Waals surface area (Å²) < 4.78 is 0.